The summed E-state index contributed by atoms with van der Waals surface area (Å²) in [7, 11) is 0. The van der Waals surface area contributed by atoms with Gasteiger partial charge in [0.15, 0.2) is 0 Å². The van der Waals surface area contributed by atoms with Crippen LogP contribution in [0.5, 0.6) is 0 Å². The fourth-order valence-electron chi connectivity index (χ4n) is 0.363. The number of halogens is 1. The van der Waals surface area contributed by atoms with Gasteiger partial charge >= 0.3 is 5.97 Å². The Bertz CT molecular complexity index is 107. The number of carbonyl (C=O) groups is 1. The van der Waals surface area contributed by atoms with E-state index in [1.54, 1.807) is 0 Å². The highest BCUT2D eigenvalue weighted by molar-refractivity contribution is 5.72. The predicted molar refractivity (Wildman–Crippen MR) is 30.8 cm³/mol. The zero-order valence-corrected chi connectivity index (χ0v) is 5.17. The van der Waals surface area contributed by atoms with E-state index in [-0.39, 0.29) is 6.54 Å². The average Bonchev–Trinajstić information content (AvgIpc) is 1.84. The molecule has 3 nitrogen and oxygen atoms in total. The molecule has 2 atom stereocenters. The van der Waals surface area contributed by atoms with Gasteiger partial charge in [-0.3, -0.25) is 0 Å². The summed E-state index contributed by atoms with van der Waals surface area (Å²) in [5, 5.41) is 8.05. The van der Waals surface area contributed by atoms with Crippen LogP contribution in [0, 0.1) is 5.92 Å². The van der Waals surface area contributed by atoms with Gasteiger partial charge in [-0.05, 0) is 6.54 Å². The molecule has 0 aromatic rings. The lowest BCUT2D eigenvalue weighted by Crippen LogP contribution is -2.28. The average molecular weight is 135 g/mol. The Balaban J connectivity index is 3.72. The van der Waals surface area contributed by atoms with Crippen LogP contribution in [0.2, 0.25) is 0 Å². The van der Waals surface area contributed by atoms with Crippen molar-refractivity contribution in [3.63, 3.8) is 0 Å². The van der Waals surface area contributed by atoms with Gasteiger partial charge in [-0.15, -0.1) is 0 Å². The molecule has 0 aromatic heterocycles. The molecule has 0 aliphatic heterocycles. The lowest BCUT2D eigenvalue weighted by molar-refractivity contribution is -0.144. The number of nitrogens with two attached hydrogens (primary N) is 1. The van der Waals surface area contributed by atoms with Gasteiger partial charge in [-0.25, -0.2) is 9.18 Å². The Kier molecular flexibility index (Phi) is 3.16. The molecule has 0 aliphatic carbocycles. The van der Waals surface area contributed by atoms with Crippen molar-refractivity contribution in [2.24, 2.45) is 11.7 Å². The summed E-state index contributed by atoms with van der Waals surface area (Å²) in [6, 6.07) is 0. The van der Waals surface area contributed by atoms with E-state index in [0.717, 1.165) is 0 Å². The number of alkyl halides is 1. The van der Waals surface area contributed by atoms with E-state index in [1.165, 1.54) is 6.92 Å². The van der Waals surface area contributed by atoms with Crippen LogP contribution in [0.15, 0.2) is 0 Å². The van der Waals surface area contributed by atoms with E-state index >= 15 is 0 Å². The van der Waals surface area contributed by atoms with Gasteiger partial charge < -0.3 is 10.8 Å². The number of carboxylic acids is 1. The summed E-state index contributed by atoms with van der Waals surface area (Å²) in [5.74, 6) is -2.03. The largest absolute Gasteiger partial charge is 0.479 e. The minimum absolute atomic E-state index is 0.0630. The lowest BCUT2D eigenvalue weighted by Gasteiger charge is -2.08. The Morgan fingerprint density at radius 3 is 2.44 bits per heavy atom. The van der Waals surface area contributed by atoms with Crippen molar-refractivity contribution in [1.82, 2.24) is 0 Å². The van der Waals surface area contributed by atoms with E-state index in [4.69, 9.17) is 10.8 Å². The number of rotatable bonds is 3. The smallest absolute Gasteiger partial charge is 0.338 e. The first-order valence-corrected chi connectivity index (χ1v) is 2.66. The van der Waals surface area contributed by atoms with Gasteiger partial charge in [0, 0.05) is 5.92 Å². The normalized spacial score (nSPS) is 16.8. The zero-order chi connectivity index (χ0) is 7.44. The first kappa shape index (κ1) is 8.36. The predicted octanol–water partition coefficient (Wildman–Crippen LogP) is 0.00390. The summed E-state index contributed by atoms with van der Waals surface area (Å²) in [6.45, 7) is 1.52. The summed E-state index contributed by atoms with van der Waals surface area (Å²) < 4.78 is 12.2. The maximum atomic E-state index is 12.2. The van der Waals surface area contributed by atoms with E-state index in [1.807, 2.05) is 0 Å². The quantitative estimate of drug-likeness (QED) is 0.572. The van der Waals surface area contributed by atoms with Gasteiger partial charge in [0.2, 0.25) is 6.17 Å². The molecule has 3 N–H and O–H groups in total. The number of hydrogen-bond donors (Lipinski definition) is 2. The number of carboxylic acid groups (broad SMARTS) is 1. The van der Waals surface area contributed by atoms with Gasteiger partial charge in [0.1, 0.15) is 0 Å². The first-order chi connectivity index (χ1) is 4.09. The molecular weight excluding hydrogens is 125 g/mol. The summed E-state index contributed by atoms with van der Waals surface area (Å²) in [6.07, 6.45) is -1.82. The number of hydrogen-bond acceptors (Lipinski definition) is 2. The molecule has 9 heavy (non-hydrogen) atoms. The van der Waals surface area contributed by atoms with Crippen molar-refractivity contribution in [3.05, 3.63) is 0 Å². The second-order valence-corrected chi connectivity index (χ2v) is 1.95. The van der Waals surface area contributed by atoms with Gasteiger partial charge in [-0.2, -0.15) is 0 Å². The molecule has 0 aromatic carbocycles. The molecule has 2 unspecified atom stereocenters. The van der Waals surface area contributed by atoms with E-state index in [2.05, 4.69) is 0 Å². The van der Waals surface area contributed by atoms with Crippen LogP contribution >= 0.6 is 0 Å². The van der Waals surface area contributed by atoms with Crippen molar-refractivity contribution in [2.45, 2.75) is 13.1 Å². The van der Waals surface area contributed by atoms with Gasteiger partial charge in [0.25, 0.3) is 0 Å². The van der Waals surface area contributed by atoms with Crippen molar-refractivity contribution in [3.8, 4) is 0 Å². The Morgan fingerprint density at radius 1 is 1.89 bits per heavy atom. The van der Waals surface area contributed by atoms with Crippen LogP contribution in [0.4, 0.5) is 4.39 Å². The van der Waals surface area contributed by atoms with Gasteiger partial charge in [0.05, 0.1) is 0 Å². The van der Waals surface area contributed by atoms with E-state index < -0.39 is 18.1 Å². The minimum atomic E-state index is -1.82. The highest BCUT2D eigenvalue weighted by Gasteiger charge is 2.21. The number of aliphatic carboxylic acids is 1. The van der Waals surface area contributed by atoms with E-state index in [0.29, 0.717) is 0 Å². The van der Waals surface area contributed by atoms with Crippen molar-refractivity contribution < 1.29 is 14.3 Å². The molecule has 54 valence electrons. The molecule has 0 radical (unpaired) electrons. The molecule has 0 saturated carbocycles. The fourth-order valence-corrected chi connectivity index (χ4v) is 0.363. The monoisotopic (exact) mass is 135 g/mol. The lowest BCUT2D eigenvalue weighted by atomic mass is 10.1. The van der Waals surface area contributed by atoms with Crippen molar-refractivity contribution in [2.75, 3.05) is 6.54 Å². The SMILES string of the molecule is CC(CN)C(F)C(=O)O. The molecule has 0 amide bonds. The van der Waals surface area contributed by atoms with Crippen LogP contribution in [-0.4, -0.2) is 23.8 Å². The minimum Gasteiger partial charge on any atom is -0.479 e. The molecular formula is C5H10FNO2. The maximum absolute atomic E-state index is 12.2. The zero-order valence-electron chi connectivity index (χ0n) is 5.17. The molecule has 0 heterocycles. The molecule has 0 saturated heterocycles. The van der Waals surface area contributed by atoms with Crippen molar-refractivity contribution >= 4 is 5.97 Å². The topological polar surface area (TPSA) is 63.3 Å². The molecule has 0 aliphatic rings. The Labute approximate surface area is 52.7 Å². The molecule has 0 bridgehead atoms. The summed E-state index contributed by atoms with van der Waals surface area (Å²) in [4.78, 5) is 9.87. The molecule has 0 fully saturated rings. The van der Waals surface area contributed by atoms with Crippen LogP contribution in [0.1, 0.15) is 6.92 Å². The van der Waals surface area contributed by atoms with Gasteiger partial charge in [-0.1, -0.05) is 6.92 Å². The standard InChI is InChI=1S/C5H10FNO2/c1-3(2-7)4(6)5(8)9/h3-4H,2,7H2,1H3,(H,8,9). The summed E-state index contributed by atoms with van der Waals surface area (Å²) in [5.41, 5.74) is 5.01. The summed E-state index contributed by atoms with van der Waals surface area (Å²) >= 11 is 0. The molecule has 4 heteroatoms. The fraction of sp³-hybridized carbons (Fsp3) is 0.800. The van der Waals surface area contributed by atoms with Crippen LogP contribution in [0.25, 0.3) is 0 Å². The van der Waals surface area contributed by atoms with E-state index in [9.17, 15) is 9.18 Å². The van der Waals surface area contributed by atoms with Crippen LogP contribution < -0.4 is 5.73 Å². The third-order valence-corrected chi connectivity index (χ3v) is 1.11. The van der Waals surface area contributed by atoms with Crippen LogP contribution in [0.3, 0.4) is 0 Å². The molecule has 0 spiro atoms. The maximum Gasteiger partial charge on any atom is 0.338 e. The highest BCUT2D eigenvalue weighted by atomic mass is 19.1. The third-order valence-electron chi connectivity index (χ3n) is 1.11. The Morgan fingerprint density at radius 2 is 2.33 bits per heavy atom. The first-order valence-electron chi connectivity index (χ1n) is 2.66. The second kappa shape index (κ2) is 3.40. The second-order valence-electron chi connectivity index (χ2n) is 1.95. The third kappa shape index (κ3) is 2.41. The Hall–Kier alpha value is -0.640. The highest BCUT2D eigenvalue weighted by Crippen LogP contribution is 2.04. The molecule has 0 rings (SSSR count). The van der Waals surface area contributed by atoms with Crippen LogP contribution in [-0.2, 0) is 4.79 Å². The van der Waals surface area contributed by atoms with Crippen molar-refractivity contribution in [1.29, 1.82) is 0 Å².